The number of nitrogens with one attached hydrogen (secondary N) is 1. The van der Waals surface area contributed by atoms with Gasteiger partial charge < -0.3 is 30.4 Å². The Morgan fingerprint density at radius 2 is 1.97 bits per heavy atom. The average Bonchev–Trinajstić information content (AvgIpc) is 3.55. The molecule has 13 nitrogen and oxygen atoms in total. The predicted octanol–water partition coefficient (Wildman–Crippen LogP) is -0.348. The Kier molecular flexibility index (Phi) is 5.43. The summed E-state index contributed by atoms with van der Waals surface area (Å²) in [4.78, 5) is 16.7. The van der Waals surface area contributed by atoms with E-state index in [-0.39, 0.29) is 17.4 Å². The van der Waals surface area contributed by atoms with Gasteiger partial charge in [0, 0.05) is 18.1 Å². The van der Waals surface area contributed by atoms with Crippen molar-refractivity contribution in [3.63, 3.8) is 0 Å². The van der Waals surface area contributed by atoms with Gasteiger partial charge >= 0.3 is 0 Å². The number of anilines is 2. The van der Waals surface area contributed by atoms with Crippen molar-refractivity contribution in [2.75, 3.05) is 17.8 Å². The topological polar surface area (TPSA) is 182 Å². The number of imidazole rings is 2. The van der Waals surface area contributed by atoms with Crippen LogP contribution in [0.3, 0.4) is 0 Å². The number of rotatable bonds is 6. The lowest BCUT2D eigenvalue weighted by molar-refractivity contribution is -0.0511. The molecular weight excluding hydrogens is 430 g/mol. The van der Waals surface area contributed by atoms with Crippen LogP contribution >= 0.6 is 0 Å². The highest BCUT2D eigenvalue weighted by Gasteiger charge is 2.44. The highest BCUT2D eigenvalue weighted by molar-refractivity contribution is 5.83. The summed E-state index contributed by atoms with van der Waals surface area (Å²) in [6.07, 6.45) is 3.80. The molecule has 170 valence electrons. The number of nitrogens with two attached hydrogens (primary N) is 1. The minimum absolute atomic E-state index is 0.105. The number of nitrogens with zero attached hydrogens (tertiary/aromatic N) is 7. The van der Waals surface area contributed by atoms with Crippen LogP contribution in [0, 0.1) is 0 Å². The van der Waals surface area contributed by atoms with Crippen molar-refractivity contribution in [2.24, 2.45) is 5.10 Å². The first-order valence-electron chi connectivity index (χ1n) is 10.0. The third-order valence-electron chi connectivity index (χ3n) is 5.31. The molecule has 4 aromatic rings. The van der Waals surface area contributed by atoms with E-state index in [9.17, 15) is 15.3 Å². The maximum Gasteiger partial charge on any atom is 0.247 e. The van der Waals surface area contributed by atoms with Crippen LogP contribution in [0.5, 0.6) is 0 Å². The molecule has 0 saturated carbocycles. The number of fused-ring (bicyclic) bond motifs is 1. The van der Waals surface area contributed by atoms with Crippen molar-refractivity contribution in [3.8, 4) is 5.69 Å². The molecular formula is C20H21N9O4. The summed E-state index contributed by atoms with van der Waals surface area (Å²) in [7, 11) is 0. The molecule has 4 heterocycles. The van der Waals surface area contributed by atoms with Gasteiger partial charge in [0.1, 0.15) is 23.8 Å². The van der Waals surface area contributed by atoms with E-state index in [4.69, 9.17) is 10.5 Å². The summed E-state index contributed by atoms with van der Waals surface area (Å²) < 4.78 is 8.88. The maximum atomic E-state index is 10.3. The largest absolute Gasteiger partial charge is 0.394 e. The van der Waals surface area contributed by atoms with Crippen LogP contribution in [-0.4, -0.2) is 75.5 Å². The molecule has 5 rings (SSSR count). The van der Waals surface area contributed by atoms with E-state index in [1.54, 1.807) is 18.7 Å². The minimum Gasteiger partial charge on any atom is -0.394 e. The quantitative estimate of drug-likeness (QED) is 0.192. The van der Waals surface area contributed by atoms with Crippen molar-refractivity contribution < 1.29 is 20.1 Å². The molecule has 3 aromatic heterocycles. The van der Waals surface area contributed by atoms with Crippen molar-refractivity contribution in [2.45, 2.75) is 24.5 Å². The molecule has 4 atom stereocenters. The maximum absolute atomic E-state index is 10.3. The SMILES string of the molecule is Nc1nc(N/N=C/c2ccc(-n3ccnc3)cc2)nc2c1ncn2[C@@H]1O[C@H](CO)C(O)C1O. The molecule has 0 spiro atoms. The number of aromatic nitrogens is 6. The number of nitrogen functional groups attached to an aromatic ring is 1. The predicted molar refractivity (Wildman–Crippen MR) is 118 cm³/mol. The molecule has 0 bridgehead atoms. The minimum atomic E-state index is -1.28. The van der Waals surface area contributed by atoms with Crippen molar-refractivity contribution in [1.82, 2.24) is 29.1 Å². The number of aliphatic hydroxyl groups is 3. The van der Waals surface area contributed by atoms with Crippen molar-refractivity contribution in [3.05, 3.63) is 54.9 Å². The molecule has 1 aliphatic heterocycles. The number of aliphatic hydroxyl groups excluding tert-OH is 3. The standard InChI is InChI=1S/C20H21N9O4/c21-17-14-18(29(10-23-14)19-16(32)15(31)13(8-30)33-19)26-20(25-17)27-24-7-11-1-3-12(4-2-11)28-6-5-22-9-28/h1-7,9-10,13,15-16,19,30-32H,8H2,(H3,21,25,26,27)/b24-7+/t13-,15?,16?,19-/m1/s1. The summed E-state index contributed by atoms with van der Waals surface area (Å²) in [5.74, 6) is 0.215. The van der Waals surface area contributed by atoms with Gasteiger partial charge in [0.25, 0.3) is 0 Å². The average molecular weight is 451 g/mol. The van der Waals surface area contributed by atoms with Crippen molar-refractivity contribution in [1.29, 1.82) is 0 Å². The Bertz CT molecular complexity index is 1270. The van der Waals surface area contributed by atoms with Gasteiger partial charge in [0.15, 0.2) is 17.7 Å². The number of benzene rings is 1. The first-order valence-corrected chi connectivity index (χ1v) is 10.0. The zero-order chi connectivity index (χ0) is 22.9. The molecule has 13 heteroatoms. The lowest BCUT2D eigenvalue weighted by Gasteiger charge is -2.16. The molecule has 0 amide bonds. The first-order chi connectivity index (χ1) is 16.0. The Labute approximate surface area is 186 Å². The second-order valence-corrected chi connectivity index (χ2v) is 7.42. The third-order valence-corrected chi connectivity index (χ3v) is 5.31. The van der Waals surface area contributed by atoms with Gasteiger partial charge in [0.05, 0.1) is 25.5 Å². The van der Waals surface area contributed by atoms with Crippen LogP contribution in [0.2, 0.25) is 0 Å². The number of hydrogen-bond acceptors (Lipinski definition) is 11. The Balaban J connectivity index is 1.35. The van der Waals surface area contributed by atoms with Gasteiger partial charge in [-0.2, -0.15) is 15.1 Å². The van der Waals surface area contributed by atoms with Crippen LogP contribution in [0.4, 0.5) is 11.8 Å². The Morgan fingerprint density at radius 1 is 1.15 bits per heavy atom. The van der Waals surface area contributed by atoms with Crippen molar-refractivity contribution >= 4 is 29.1 Å². The normalized spacial score (nSPS) is 23.0. The summed E-state index contributed by atoms with van der Waals surface area (Å²) in [5, 5.41) is 33.9. The van der Waals surface area contributed by atoms with E-state index in [0.29, 0.717) is 5.52 Å². The molecule has 1 aliphatic rings. The molecule has 6 N–H and O–H groups in total. The molecule has 1 fully saturated rings. The zero-order valence-corrected chi connectivity index (χ0v) is 17.2. The number of hydrogen-bond donors (Lipinski definition) is 5. The lowest BCUT2D eigenvalue weighted by atomic mass is 10.1. The van der Waals surface area contributed by atoms with Gasteiger partial charge in [-0.3, -0.25) is 4.57 Å². The number of hydrazone groups is 1. The van der Waals surface area contributed by atoms with E-state index in [1.165, 1.54) is 10.9 Å². The summed E-state index contributed by atoms with van der Waals surface area (Å²) in [6.45, 7) is -0.441. The third kappa shape index (κ3) is 3.89. The van der Waals surface area contributed by atoms with Crippen LogP contribution in [0.15, 0.2) is 54.4 Å². The lowest BCUT2D eigenvalue weighted by Crippen LogP contribution is -2.33. The molecule has 2 unspecified atom stereocenters. The fourth-order valence-electron chi connectivity index (χ4n) is 3.59. The smallest absolute Gasteiger partial charge is 0.247 e. The van der Waals surface area contributed by atoms with Gasteiger partial charge in [0.2, 0.25) is 5.95 Å². The van der Waals surface area contributed by atoms with Gasteiger partial charge in [-0.1, -0.05) is 12.1 Å². The summed E-state index contributed by atoms with van der Waals surface area (Å²) >= 11 is 0. The Hall–Kier alpha value is -3.91. The zero-order valence-electron chi connectivity index (χ0n) is 17.2. The molecule has 1 saturated heterocycles. The highest BCUT2D eigenvalue weighted by Crippen LogP contribution is 2.32. The van der Waals surface area contributed by atoms with E-state index >= 15 is 0 Å². The second kappa shape index (κ2) is 8.55. The highest BCUT2D eigenvalue weighted by atomic mass is 16.6. The molecule has 33 heavy (non-hydrogen) atoms. The van der Waals surface area contributed by atoms with Crippen LogP contribution in [-0.2, 0) is 4.74 Å². The first kappa shape index (κ1) is 21.0. The van der Waals surface area contributed by atoms with Crippen LogP contribution in [0.25, 0.3) is 16.9 Å². The van der Waals surface area contributed by atoms with E-state index in [0.717, 1.165) is 11.3 Å². The fourth-order valence-corrected chi connectivity index (χ4v) is 3.59. The monoisotopic (exact) mass is 451 g/mol. The summed E-state index contributed by atoms with van der Waals surface area (Å²) in [6, 6.07) is 7.66. The summed E-state index contributed by atoms with van der Waals surface area (Å²) in [5.41, 5.74) is 11.1. The fraction of sp³-hybridized carbons (Fsp3) is 0.250. The van der Waals surface area contributed by atoms with Gasteiger partial charge in [-0.25, -0.2) is 15.4 Å². The van der Waals surface area contributed by atoms with Crippen LogP contribution in [0.1, 0.15) is 11.8 Å². The van der Waals surface area contributed by atoms with Crippen LogP contribution < -0.4 is 11.2 Å². The van der Waals surface area contributed by atoms with E-state index < -0.39 is 31.1 Å². The molecule has 1 aromatic carbocycles. The van der Waals surface area contributed by atoms with Gasteiger partial charge in [-0.05, 0) is 17.7 Å². The number of ether oxygens (including phenoxy) is 1. The Morgan fingerprint density at radius 3 is 2.67 bits per heavy atom. The van der Waals surface area contributed by atoms with Gasteiger partial charge in [-0.15, -0.1) is 0 Å². The van der Waals surface area contributed by atoms with E-state index in [1.807, 2.05) is 35.0 Å². The molecule has 0 radical (unpaired) electrons. The molecule has 0 aliphatic carbocycles. The van der Waals surface area contributed by atoms with E-state index in [2.05, 4.69) is 30.5 Å². The second-order valence-electron chi connectivity index (χ2n) is 7.42.